The summed E-state index contributed by atoms with van der Waals surface area (Å²) < 4.78 is 28.6. The van der Waals surface area contributed by atoms with Crippen molar-refractivity contribution in [1.29, 1.82) is 5.26 Å². The van der Waals surface area contributed by atoms with Gasteiger partial charge in [0.25, 0.3) is 0 Å². The Balaban J connectivity index is 2.29. The van der Waals surface area contributed by atoms with E-state index >= 15 is 0 Å². The third-order valence-electron chi connectivity index (χ3n) is 3.07. The number of hydrogen-bond donors (Lipinski definition) is 0. The van der Waals surface area contributed by atoms with Crippen molar-refractivity contribution in [3.05, 3.63) is 47.8 Å². The molecule has 0 saturated heterocycles. The Kier molecular flexibility index (Phi) is 2.68. The Morgan fingerprint density at radius 2 is 2.05 bits per heavy atom. The number of halogens is 2. The van der Waals surface area contributed by atoms with Crippen LogP contribution < -0.4 is 0 Å². The lowest BCUT2D eigenvalue weighted by Gasteiger charge is -2.02. The Labute approximate surface area is 112 Å². The first kappa shape index (κ1) is 12.2. The second-order valence-electron chi connectivity index (χ2n) is 4.30. The summed E-state index contributed by atoms with van der Waals surface area (Å²) in [6.07, 6.45) is 2.95. The Morgan fingerprint density at radius 3 is 2.80 bits per heavy atom. The Morgan fingerprint density at radius 1 is 1.25 bits per heavy atom. The van der Waals surface area contributed by atoms with E-state index in [1.807, 2.05) is 6.07 Å². The van der Waals surface area contributed by atoms with Gasteiger partial charge in [0.2, 0.25) is 0 Å². The zero-order valence-electron chi connectivity index (χ0n) is 10.4. The molecule has 2 aromatic heterocycles. The van der Waals surface area contributed by atoms with E-state index in [4.69, 9.17) is 5.26 Å². The van der Waals surface area contributed by atoms with Gasteiger partial charge in [0.15, 0.2) is 11.6 Å². The van der Waals surface area contributed by atoms with Crippen molar-refractivity contribution in [1.82, 2.24) is 14.5 Å². The molecule has 0 unspecified atom stereocenters. The fraction of sp³-hybridized carbons (Fsp3) is 0.0714. The van der Waals surface area contributed by atoms with E-state index in [0.717, 1.165) is 6.07 Å². The van der Waals surface area contributed by atoms with Gasteiger partial charge in [-0.15, -0.1) is 0 Å². The average molecular weight is 270 g/mol. The average Bonchev–Trinajstić information content (AvgIpc) is 2.81. The van der Waals surface area contributed by atoms with Crippen LogP contribution in [0.4, 0.5) is 8.78 Å². The molecule has 0 aliphatic carbocycles. The largest absolute Gasteiger partial charge is 0.327 e. The second kappa shape index (κ2) is 4.38. The summed E-state index contributed by atoms with van der Waals surface area (Å²) in [6.45, 7) is 0. The minimum atomic E-state index is -0.978. The zero-order valence-corrected chi connectivity index (χ0v) is 10.4. The quantitative estimate of drug-likeness (QED) is 0.683. The maximum atomic E-state index is 13.7. The summed E-state index contributed by atoms with van der Waals surface area (Å²) in [5, 5.41) is 8.87. The molecule has 20 heavy (non-hydrogen) atoms. The van der Waals surface area contributed by atoms with Crippen LogP contribution in [-0.2, 0) is 7.05 Å². The van der Waals surface area contributed by atoms with E-state index in [2.05, 4.69) is 9.97 Å². The summed E-state index contributed by atoms with van der Waals surface area (Å²) >= 11 is 0. The number of nitrogens with zero attached hydrogens (tertiary/aromatic N) is 4. The third-order valence-corrected chi connectivity index (χ3v) is 3.07. The summed E-state index contributed by atoms with van der Waals surface area (Å²) in [5.41, 5.74) is 1.38. The minimum Gasteiger partial charge on any atom is -0.327 e. The first-order chi connectivity index (χ1) is 9.61. The van der Waals surface area contributed by atoms with E-state index in [1.165, 1.54) is 18.5 Å². The number of fused-ring (bicyclic) bond motifs is 1. The van der Waals surface area contributed by atoms with Crippen molar-refractivity contribution in [2.45, 2.75) is 0 Å². The van der Waals surface area contributed by atoms with E-state index in [1.54, 1.807) is 17.7 Å². The number of hydrogen-bond acceptors (Lipinski definition) is 3. The minimum absolute atomic E-state index is 0.0372. The van der Waals surface area contributed by atoms with Crippen molar-refractivity contribution in [3.8, 4) is 17.5 Å². The maximum Gasteiger partial charge on any atom is 0.186 e. The number of aromatic nitrogens is 3. The van der Waals surface area contributed by atoms with E-state index in [9.17, 15) is 8.78 Å². The molecule has 0 amide bonds. The molecule has 0 saturated carbocycles. The summed E-state index contributed by atoms with van der Waals surface area (Å²) in [6, 6.07) is 6.10. The van der Waals surface area contributed by atoms with Gasteiger partial charge in [-0.1, -0.05) is 0 Å². The number of nitriles is 1. The van der Waals surface area contributed by atoms with Gasteiger partial charge < -0.3 is 4.57 Å². The van der Waals surface area contributed by atoms with Crippen molar-refractivity contribution in [2.75, 3.05) is 0 Å². The topological polar surface area (TPSA) is 54.5 Å². The number of rotatable bonds is 1. The van der Waals surface area contributed by atoms with Gasteiger partial charge >= 0.3 is 0 Å². The number of aryl methyl sites for hydroxylation is 1. The highest BCUT2D eigenvalue weighted by Crippen LogP contribution is 2.26. The molecule has 3 aromatic rings. The molecular formula is C14H8F2N4. The standard InChI is InChI=1S/C14H8F2N4/c1-20-11-3-2-10(15)12(16)13(11)19-14(20)9-4-8(5-17)6-18-7-9/h2-4,6-7H,1H3. The molecule has 0 spiro atoms. The molecule has 98 valence electrons. The number of imidazole rings is 1. The van der Waals surface area contributed by atoms with E-state index in [-0.39, 0.29) is 5.52 Å². The van der Waals surface area contributed by atoms with E-state index in [0.29, 0.717) is 22.5 Å². The first-order valence-corrected chi connectivity index (χ1v) is 5.77. The molecule has 0 radical (unpaired) electrons. The smallest absolute Gasteiger partial charge is 0.186 e. The SMILES string of the molecule is Cn1c(-c2cncc(C#N)c2)nc2c(F)c(F)ccc21. The van der Waals surface area contributed by atoms with Crippen LogP contribution >= 0.6 is 0 Å². The summed E-state index contributed by atoms with van der Waals surface area (Å²) in [5.74, 6) is -1.49. The fourth-order valence-electron chi connectivity index (χ4n) is 2.08. The lowest BCUT2D eigenvalue weighted by molar-refractivity contribution is 0.515. The lowest BCUT2D eigenvalue weighted by atomic mass is 10.2. The van der Waals surface area contributed by atoms with Crippen LogP contribution in [-0.4, -0.2) is 14.5 Å². The Hall–Kier alpha value is -2.81. The molecule has 4 nitrogen and oxygen atoms in total. The zero-order chi connectivity index (χ0) is 14.3. The van der Waals surface area contributed by atoms with Crippen LogP contribution in [0.1, 0.15) is 5.56 Å². The maximum absolute atomic E-state index is 13.7. The molecular weight excluding hydrogens is 262 g/mol. The van der Waals surface area contributed by atoms with Crippen molar-refractivity contribution < 1.29 is 8.78 Å². The molecule has 0 aliphatic rings. The third kappa shape index (κ3) is 1.72. The van der Waals surface area contributed by atoms with Gasteiger partial charge in [-0.25, -0.2) is 13.8 Å². The summed E-state index contributed by atoms with van der Waals surface area (Å²) in [4.78, 5) is 8.06. The second-order valence-corrected chi connectivity index (χ2v) is 4.30. The fourth-order valence-corrected chi connectivity index (χ4v) is 2.08. The first-order valence-electron chi connectivity index (χ1n) is 5.77. The lowest BCUT2D eigenvalue weighted by Crippen LogP contribution is -1.93. The highest BCUT2D eigenvalue weighted by Gasteiger charge is 2.16. The van der Waals surface area contributed by atoms with E-state index < -0.39 is 11.6 Å². The van der Waals surface area contributed by atoms with Crippen molar-refractivity contribution in [2.24, 2.45) is 7.05 Å². The molecule has 0 fully saturated rings. The van der Waals surface area contributed by atoms with Crippen molar-refractivity contribution >= 4 is 11.0 Å². The van der Waals surface area contributed by atoms with Gasteiger partial charge in [-0.3, -0.25) is 4.98 Å². The molecule has 0 aliphatic heterocycles. The summed E-state index contributed by atoms with van der Waals surface area (Å²) in [7, 11) is 1.70. The highest BCUT2D eigenvalue weighted by molar-refractivity contribution is 5.81. The van der Waals surface area contributed by atoms with Crippen LogP contribution in [0.2, 0.25) is 0 Å². The highest BCUT2D eigenvalue weighted by atomic mass is 19.2. The number of benzene rings is 1. The molecule has 6 heteroatoms. The normalized spacial score (nSPS) is 10.7. The van der Waals surface area contributed by atoms with Gasteiger partial charge in [0, 0.05) is 25.0 Å². The molecule has 1 aromatic carbocycles. The van der Waals surface area contributed by atoms with Crippen LogP contribution in [0.3, 0.4) is 0 Å². The predicted octanol–water partition coefficient (Wildman–Crippen LogP) is 2.79. The monoisotopic (exact) mass is 270 g/mol. The van der Waals surface area contributed by atoms with Gasteiger partial charge in [-0.05, 0) is 18.2 Å². The van der Waals surface area contributed by atoms with Crippen LogP contribution in [0, 0.1) is 23.0 Å². The van der Waals surface area contributed by atoms with Crippen LogP contribution in [0.15, 0.2) is 30.6 Å². The van der Waals surface area contributed by atoms with Gasteiger partial charge in [-0.2, -0.15) is 5.26 Å². The van der Waals surface area contributed by atoms with Gasteiger partial charge in [0.1, 0.15) is 17.4 Å². The molecule has 0 bridgehead atoms. The Bertz CT molecular complexity index is 861. The molecule has 3 rings (SSSR count). The molecule has 0 atom stereocenters. The van der Waals surface area contributed by atoms with Crippen LogP contribution in [0.5, 0.6) is 0 Å². The molecule has 2 heterocycles. The van der Waals surface area contributed by atoms with Crippen LogP contribution in [0.25, 0.3) is 22.4 Å². The van der Waals surface area contributed by atoms with Gasteiger partial charge in [0.05, 0.1) is 11.1 Å². The molecule has 0 N–H and O–H groups in total. The predicted molar refractivity (Wildman–Crippen MR) is 68.6 cm³/mol. The number of pyridine rings is 1. The van der Waals surface area contributed by atoms with Crippen molar-refractivity contribution in [3.63, 3.8) is 0 Å².